The number of likely N-dealkylation sites (tertiary alicyclic amines) is 1. The summed E-state index contributed by atoms with van der Waals surface area (Å²) in [5.41, 5.74) is 3.08. The third-order valence-electron chi connectivity index (χ3n) is 7.31. The van der Waals surface area contributed by atoms with Gasteiger partial charge in [-0.25, -0.2) is 13.4 Å². The number of amides is 1. The van der Waals surface area contributed by atoms with E-state index in [0.717, 1.165) is 41.0 Å². The van der Waals surface area contributed by atoms with E-state index in [9.17, 15) is 13.2 Å². The molecular formula is C26H31N3O3S2. The van der Waals surface area contributed by atoms with E-state index in [2.05, 4.69) is 6.07 Å². The van der Waals surface area contributed by atoms with Gasteiger partial charge in [-0.3, -0.25) is 4.79 Å². The van der Waals surface area contributed by atoms with Crippen LogP contribution < -0.4 is 0 Å². The van der Waals surface area contributed by atoms with Gasteiger partial charge in [-0.2, -0.15) is 4.31 Å². The van der Waals surface area contributed by atoms with Gasteiger partial charge in [-0.15, -0.1) is 11.3 Å². The summed E-state index contributed by atoms with van der Waals surface area (Å²) in [6.07, 6.45) is 3.18. The molecule has 3 heterocycles. The van der Waals surface area contributed by atoms with Crippen molar-refractivity contribution >= 4 is 37.5 Å². The van der Waals surface area contributed by atoms with Gasteiger partial charge in [0.1, 0.15) is 0 Å². The van der Waals surface area contributed by atoms with Crippen LogP contribution in [0.1, 0.15) is 47.7 Å². The third-order valence-corrected chi connectivity index (χ3v) is 10.4. The molecule has 3 aromatic rings. The maximum Gasteiger partial charge on any atom is 0.243 e. The van der Waals surface area contributed by atoms with Crippen molar-refractivity contribution in [2.24, 2.45) is 5.92 Å². The molecule has 1 atom stereocenters. The second-order valence-corrected chi connectivity index (χ2v) is 12.6. The summed E-state index contributed by atoms with van der Waals surface area (Å²) in [4.78, 5) is 20.5. The predicted octanol–water partition coefficient (Wildman–Crippen LogP) is 4.72. The van der Waals surface area contributed by atoms with E-state index in [1.807, 2.05) is 43.0 Å². The smallest absolute Gasteiger partial charge is 0.243 e. The molecule has 2 aliphatic rings. The summed E-state index contributed by atoms with van der Waals surface area (Å²) in [6, 6.07) is 13.5. The number of carbonyl (C=O) groups is 1. The van der Waals surface area contributed by atoms with E-state index in [1.165, 1.54) is 4.70 Å². The zero-order valence-electron chi connectivity index (χ0n) is 19.7. The SMILES string of the molecule is Cc1ccc(S(=O)(=O)N2CCC(C(=O)N3CCC[C@@H](c4nc5ccccc5s4)C3)CC2)cc1C. The van der Waals surface area contributed by atoms with Crippen molar-refractivity contribution in [2.45, 2.75) is 50.3 Å². The molecule has 0 aliphatic carbocycles. The molecule has 34 heavy (non-hydrogen) atoms. The second-order valence-electron chi connectivity index (χ2n) is 9.57. The lowest BCUT2D eigenvalue weighted by Gasteiger charge is -2.37. The highest BCUT2D eigenvalue weighted by Gasteiger charge is 2.35. The van der Waals surface area contributed by atoms with Crippen molar-refractivity contribution in [3.05, 3.63) is 58.6 Å². The highest BCUT2D eigenvalue weighted by atomic mass is 32.2. The van der Waals surface area contributed by atoms with Gasteiger partial charge in [0.05, 0.1) is 20.1 Å². The Balaban J connectivity index is 1.22. The lowest BCUT2D eigenvalue weighted by atomic mass is 9.93. The number of hydrogen-bond donors (Lipinski definition) is 0. The number of nitrogens with zero attached hydrogens (tertiary/aromatic N) is 3. The van der Waals surface area contributed by atoms with Crippen LogP contribution in [0.2, 0.25) is 0 Å². The van der Waals surface area contributed by atoms with E-state index in [1.54, 1.807) is 27.8 Å². The number of rotatable bonds is 4. The average Bonchev–Trinajstić information content (AvgIpc) is 3.30. The van der Waals surface area contributed by atoms with Gasteiger partial charge in [0.15, 0.2) is 0 Å². The molecule has 2 aromatic carbocycles. The maximum absolute atomic E-state index is 13.4. The van der Waals surface area contributed by atoms with E-state index in [-0.39, 0.29) is 17.7 Å². The first-order valence-electron chi connectivity index (χ1n) is 12.0. The number of carbonyl (C=O) groups excluding carboxylic acids is 1. The Morgan fingerprint density at radius 1 is 1.00 bits per heavy atom. The van der Waals surface area contributed by atoms with Gasteiger partial charge in [-0.1, -0.05) is 18.2 Å². The second kappa shape index (κ2) is 9.40. The zero-order valence-corrected chi connectivity index (χ0v) is 21.4. The first-order valence-corrected chi connectivity index (χ1v) is 14.3. The van der Waals surface area contributed by atoms with Crippen LogP contribution in [0.5, 0.6) is 0 Å². The highest BCUT2D eigenvalue weighted by molar-refractivity contribution is 7.89. The highest BCUT2D eigenvalue weighted by Crippen LogP contribution is 2.34. The minimum Gasteiger partial charge on any atom is -0.342 e. The third kappa shape index (κ3) is 4.51. The maximum atomic E-state index is 13.4. The quantitative estimate of drug-likeness (QED) is 0.523. The predicted molar refractivity (Wildman–Crippen MR) is 136 cm³/mol. The van der Waals surface area contributed by atoms with Gasteiger partial charge >= 0.3 is 0 Å². The first-order chi connectivity index (χ1) is 16.3. The van der Waals surface area contributed by atoms with Crippen LogP contribution in [0.3, 0.4) is 0 Å². The lowest BCUT2D eigenvalue weighted by Crippen LogP contribution is -2.46. The van der Waals surface area contributed by atoms with Crippen LogP contribution in [0.15, 0.2) is 47.4 Å². The van der Waals surface area contributed by atoms with E-state index >= 15 is 0 Å². The molecule has 0 saturated carbocycles. The lowest BCUT2D eigenvalue weighted by molar-refractivity contribution is -0.138. The monoisotopic (exact) mass is 497 g/mol. The zero-order chi connectivity index (χ0) is 23.9. The number of thiazole rings is 1. The Bertz CT molecular complexity index is 1280. The first kappa shape index (κ1) is 23.5. The molecule has 1 amide bonds. The molecule has 2 saturated heterocycles. The fourth-order valence-corrected chi connectivity index (χ4v) is 7.72. The van der Waals surface area contributed by atoms with Crippen molar-refractivity contribution < 1.29 is 13.2 Å². The van der Waals surface area contributed by atoms with Crippen molar-refractivity contribution in [1.29, 1.82) is 0 Å². The largest absolute Gasteiger partial charge is 0.342 e. The summed E-state index contributed by atoms with van der Waals surface area (Å²) in [5.74, 6) is 0.342. The van der Waals surface area contributed by atoms with Gasteiger partial charge in [-0.05, 0) is 74.9 Å². The Morgan fingerprint density at radius 3 is 2.50 bits per heavy atom. The van der Waals surface area contributed by atoms with Crippen LogP contribution in [0, 0.1) is 19.8 Å². The molecule has 0 unspecified atom stereocenters. The number of para-hydroxylation sites is 1. The Hall–Kier alpha value is -2.29. The van der Waals surface area contributed by atoms with Crippen molar-refractivity contribution in [3.8, 4) is 0 Å². The van der Waals surface area contributed by atoms with Crippen LogP contribution >= 0.6 is 11.3 Å². The molecule has 5 rings (SSSR count). The summed E-state index contributed by atoms with van der Waals surface area (Å²) in [5, 5.41) is 1.12. The average molecular weight is 498 g/mol. The van der Waals surface area contributed by atoms with Crippen LogP contribution in [-0.4, -0.2) is 54.7 Å². The number of sulfonamides is 1. The molecule has 6 nitrogen and oxygen atoms in total. The molecule has 180 valence electrons. The Kier molecular flexibility index (Phi) is 6.48. The number of fused-ring (bicyclic) bond motifs is 1. The minimum absolute atomic E-state index is 0.111. The van der Waals surface area contributed by atoms with Gasteiger partial charge in [0.25, 0.3) is 0 Å². The Labute approximate surface area is 205 Å². The molecule has 2 fully saturated rings. The van der Waals surface area contributed by atoms with E-state index < -0.39 is 10.0 Å². The van der Waals surface area contributed by atoms with Crippen LogP contribution in [0.4, 0.5) is 0 Å². The number of piperidine rings is 2. The molecule has 0 radical (unpaired) electrons. The molecule has 0 N–H and O–H groups in total. The summed E-state index contributed by atoms with van der Waals surface area (Å²) in [7, 11) is -3.53. The number of hydrogen-bond acceptors (Lipinski definition) is 5. The van der Waals surface area contributed by atoms with Crippen molar-refractivity contribution in [3.63, 3.8) is 0 Å². The van der Waals surface area contributed by atoms with Crippen molar-refractivity contribution in [2.75, 3.05) is 26.2 Å². The van der Waals surface area contributed by atoms with Gasteiger partial charge in [0.2, 0.25) is 15.9 Å². The summed E-state index contributed by atoms with van der Waals surface area (Å²) < 4.78 is 29.0. The summed E-state index contributed by atoms with van der Waals surface area (Å²) in [6.45, 7) is 6.17. The molecular weight excluding hydrogens is 466 g/mol. The van der Waals surface area contributed by atoms with Crippen molar-refractivity contribution in [1.82, 2.24) is 14.2 Å². The number of aryl methyl sites for hydroxylation is 2. The van der Waals surface area contributed by atoms with Crippen LogP contribution in [-0.2, 0) is 14.8 Å². The minimum atomic E-state index is -3.53. The molecule has 2 aliphatic heterocycles. The normalized spacial score (nSPS) is 20.6. The topological polar surface area (TPSA) is 70.6 Å². The molecule has 0 spiro atoms. The van der Waals surface area contributed by atoms with Gasteiger partial charge in [0, 0.05) is 38.0 Å². The molecule has 1 aromatic heterocycles. The standard InChI is InChI=1S/C26H31N3O3S2/c1-18-9-10-22(16-19(18)2)34(31,32)29-14-11-20(12-15-29)26(30)28-13-5-6-21(17-28)25-27-23-7-3-4-8-24(23)33-25/h3-4,7-10,16,20-21H,5-6,11-15,17H2,1-2H3/t21-/m1/s1. The van der Waals surface area contributed by atoms with E-state index in [4.69, 9.17) is 4.98 Å². The summed E-state index contributed by atoms with van der Waals surface area (Å²) >= 11 is 1.73. The van der Waals surface area contributed by atoms with Gasteiger partial charge < -0.3 is 4.90 Å². The van der Waals surface area contributed by atoms with E-state index in [0.29, 0.717) is 37.4 Å². The fourth-order valence-electron chi connectivity index (χ4n) is 5.07. The van der Waals surface area contributed by atoms with Crippen LogP contribution in [0.25, 0.3) is 10.2 Å². The fraction of sp³-hybridized carbons (Fsp3) is 0.462. The number of aromatic nitrogens is 1. The Morgan fingerprint density at radius 2 is 1.76 bits per heavy atom. The molecule has 8 heteroatoms. The molecule has 0 bridgehead atoms. The number of benzene rings is 2.